The van der Waals surface area contributed by atoms with Crippen LogP contribution >= 0.6 is 11.3 Å². The number of rotatable bonds is 7. The fourth-order valence-electron chi connectivity index (χ4n) is 15.2. The van der Waals surface area contributed by atoms with Crippen LogP contribution in [0.5, 0.6) is 0 Å². The zero-order valence-corrected chi connectivity index (χ0v) is 60.3. The summed E-state index contributed by atoms with van der Waals surface area (Å²) in [6.07, 6.45) is 0. The predicted octanol–water partition coefficient (Wildman–Crippen LogP) is 27.1. The lowest BCUT2D eigenvalue weighted by atomic mass is 9.78. The van der Waals surface area contributed by atoms with E-state index in [1.807, 2.05) is 11.3 Å². The molecule has 0 N–H and O–H groups in total. The van der Waals surface area contributed by atoms with E-state index in [-0.39, 0.29) is 32.5 Å². The summed E-state index contributed by atoms with van der Waals surface area (Å²) in [5.41, 5.74) is 27.2. The van der Waals surface area contributed by atoms with Crippen molar-refractivity contribution in [3.8, 4) is 44.5 Å². The van der Waals surface area contributed by atoms with Crippen LogP contribution in [-0.2, 0) is 32.5 Å². The van der Waals surface area contributed by atoms with Crippen LogP contribution in [0.1, 0.15) is 158 Å². The molecule has 0 fully saturated rings. The van der Waals surface area contributed by atoms with E-state index in [1.165, 1.54) is 163 Å². The Bertz CT molecular complexity index is 5650. The molecule has 0 radical (unpaired) electrons. The third-order valence-electron chi connectivity index (χ3n) is 21.0. The molecule has 478 valence electrons. The minimum Gasteiger partial charge on any atom is -0.311 e. The van der Waals surface area contributed by atoms with Gasteiger partial charge in [0, 0.05) is 75.8 Å². The van der Waals surface area contributed by atoms with Gasteiger partial charge in [0.1, 0.15) is 4.83 Å². The number of fused-ring (bicyclic) bond motifs is 14. The van der Waals surface area contributed by atoms with Gasteiger partial charge in [-0.2, -0.15) is 0 Å². The summed E-state index contributed by atoms with van der Waals surface area (Å²) in [5, 5.41) is 11.6. The lowest BCUT2D eigenvalue weighted by Crippen LogP contribution is -2.16. The van der Waals surface area contributed by atoms with Crippen molar-refractivity contribution in [2.75, 3.05) is 4.90 Å². The molecule has 96 heavy (non-hydrogen) atoms. The van der Waals surface area contributed by atoms with Crippen molar-refractivity contribution in [3.05, 3.63) is 246 Å². The predicted molar refractivity (Wildman–Crippen MR) is 420 cm³/mol. The second kappa shape index (κ2) is 21.1. The number of anilines is 3. The largest absolute Gasteiger partial charge is 0.311 e. The Hall–Kier alpha value is -9.22. The van der Waals surface area contributed by atoms with Gasteiger partial charge in [0.2, 0.25) is 0 Å². The van der Waals surface area contributed by atoms with Gasteiger partial charge in [0.25, 0.3) is 0 Å². The van der Waals surface area contributed by atoms with Crippen LogP contribution in [0, 0.1) is 0 Å². The number of aromatic nitrogens is 2. The molecule has 0 aliphatic rings. The lowest BCUT2D eigenvalue weighted by molar-refractivity contribution is 0.568. The number of hydrogen-bond acceptors (Lipinski definition) is 2. The minimum absolute atomic E-state index is 0.0307. The first-order valence-electron chi connectivity index (χ1n) is 34.7. The Morgan fingerprint density at radius 2 is 0.604 bits per heavy atom. The van der Waals surface area contributed by atoms with Gasteiger partial charge < -0.3 is 9.30 Å². The van der Waals surface area contributed by atoms with E-state index < -0.39 is 0 Å². The Kier molecular flexibility index (Phi) is 13.6. The van der Waals surface area contributed by atoms with Crippen molar-refractivity contribution in [3.63, 3.8) is 0 Å². The summed E-state index contributed by atoms with van der Waals surface area (Å²) < 4.78 is 6.65. The second-order valence-corrected chi connectivity index (χ2v) is 35.1. The van der Waals surface area contributed by atoms with E-state index >= 15 is 0 Å². The van der Waals surface area contributed by atoms with Gasteiger partial charge in [-0.1, -0.05) is 246 Å². The van der Waals surface area contributed by atoms with Gasteiger partial charge in [0.15, 0.2) is 0 Å². The molecule has 0 aliphatic heterocycles. The smallest absolute Gasteiger partial charge is 0.109 e. The Balaban J connectivity index is 1.06. The Morgan fingerprint density at radius 3 is 1.04 bits per heavy atom. The summed E-state index contributed by atoms with van der Waals surface area (Å²) in [6.45, 7) is 42.4. The van der Waals surface area contributed by atoms with Crippen LogP contribution in [0.2, 0.25) is 0 Å². The maximum atomic E-state index is 2.69. The molecule has 0 spiro atoms. The average molecular weight is 1270 g/mol. The van der Waals surface area contributed by atoms with E-state index in [4.69, 9.17) is 0 Å². The average Bonchev–Trinajstić information content (AvgIpc) is 1.51. The molecule has 0 unspecified atom stereocenters. The molecule has 0 saturated heterocycles. The van der Waals surface area contributed by atoms with Gasteiger partial charge >= 0.3 is 0 Å². The van der Waals surface area contributed by atoms with Crippen LogP contribution in [0.4, 0.5) is 17.1 Å². The van der Waals surface area contributed by atoms with Gasteiger partial charge in [-0.05, 0) is 196 Å². The van der Waals surface area contributed by atoms with Crippen molar-refractivity contribution in [2.24, 2.45) is 0 Å². The molecule has 5 heterocycles. The fraction of sp³-hybridized carbons (Fsp3) is 0.261. The summed E-state index contributed by atoms with van der Waals surface area (Å²) in [6, 6.07) is 82.8. The van der Waals surface area contributed by atoms with E-state index in [2.05, 4.69) is 351 Å². The van der Waals surface area contributed by atoms with Crippen LogP contribution in [-0.4, -0.2) is 8.80 Å². The molecule has 0 amide bonds. The number of hydrogen-bond donors (Lipinski definition) is 0. The van der Waals surface area contributed by atoms with E-state index in [9.17, 15) is 0 Å². The number of thiophene rings is 1. The summed E-state index contributed by atoms with van der Waals surface area (Å²) in [7, 11) is 0. The molecule has 0 aliphatic carbocycles. The highest BCUT2D eigenvalue weighted by molar-refractivity contribution is 7.25. The third kappa shape index (κ3) is 10.0. The second-order valence-electron chi connectivity index (χ2n) is 34.0. The Morgan fingerprint density at radius 1 is 0.260 bits per heavy atom. The number of benzene rings is 11. The fourth-order valence-corrected chi connectivity index (χ4v) is 16.5. The maximum absolute atomic E-state index is 2.69. The molecule has 0 bridgehead atoms. The van der Waals surface area contributed by atoms with Gasteiger partial charge in [-0.3, -0.25) is 4.40 Å². The first-order valence-corrected chi connectivity index (χ1v) is 35.5. The molecule has 16 rings (SSSR count). The van der Waals surface area contributed by atoms with Crippen molar-refractivity contribution in [2.45, 2.75) is 157 Å². The van der Waals surface area contributed by atoms with Crippen molar-refractivity contribution < 1.29 is 0 Å². The van der Waals surface area contributed by atoms with Gasteiger partial charge in [-0.25, -0.2) is 0 Å². The quantitative estimate of drug-likeness (QED) is 0.155. The first-order chi connectivity index (χ1) is 45.3. The summed E-state index contributed by atoms with van der Waals surface area (Å²) >= 11 is 1.93. The van der Waals surface area contributed by atoms with Crippen molar-refractivity contribution >= 4 is 114 Å². The minimum atomic E-state index is -0.0681. The molecular weight excluding hydrogens is 1180 g/mol. The molecule has 16 aromatic rings. The summed E-state index contributed by atoms with van der Waals surface area (Å²) in [4.78, 5) is 3.67. The van der Waals surface area contributed by atoms with Crippen LogP contribution in [0.25, 0.3) is 130 Å². The van der Waals surface area contributed by atoms with E-state index in [0.29, 0.717) is 0 Å². The lowest BCUT2D eigenvalue weighted by Gasteiger charge is -2.26. The van der Waals surface area contributed by atoms with Gasteiger partial charge in [0.05, 0.1) is 27.6 Å². The van der Waals surface area contributed by atoms with Crippen LogP contribution in [0.3, 0.4) is 0 Å². The highest BCUT2D eigenvalue weighted by atomic mass is 32.1. The highest BCUT2D eigenvalue weighted by Crippen LogP contribution is 2.53. The topological polar surface area (TPSA) is 12.1 Å². The molecular formula is C92H89N3S. The molecule has 4 heteroatoms. The first kappa shape index (κ1) is 61.6. The third-order valence-corrected chi connectivity index (χ3v) is 22.1. The van der Waals surface area contributed by atoms with Crippen molar-refractivity contribution in [1.29, 1.82) is 0 Å². The number of para-hydroxylation sites is 2. The monoisotopic (exact) mass is 1270 g/mol. The zero-order valence-electron chi connectivity index (χ0n) is 59.5. The zero-order chi connectivity index (χ0) is 67.2. The van der Waals surface area contributed by atoms with Crippen molar-refractivity contribution in [1.82, 2.24) is 8.80 Å². The molecule has 0 atom stereocenters. The SMILES string of the molecule is CC(C)(C)c1cc(-c2cc(-c3ccc(N(c4ccccc4)c4ccccc4)cc3)c3c(c2)c2cc(-c4cc(C(C)(C)C)cc(C(C)(C)C)c4)cc4c5cc6c7cc(-c8cc(C(C)(C)C)cc(C(C)(C)C)c8)cc8c9c%10ccccc%10sc9n(c6cc5n3c42)c78)cc(C(C)(C)C)c1. The van der Waals surface area contributed by atoms with Crippen LogP contribution in [0.15, 0.2) is 212 Å². The Labute approximate surface area is 571 Å². The maximum Gasteiger partial charge on any atom is 0.109 e. The molecule has 0 saturated carbocycles. The standard InChI is InChI=1S/C92H89N3S/c1-87(2,3)61-37-55(38-62(49-61)88(4,5)6)58-43-71(54-33-35-69(36-34-54)93(67-27-21-19-22-28-67)68-29-23-20-24-30-68)83-76(46-58)77-47-59(56-39-63(89(7,8)9)50-64(40-56)90(10,11)12)44-74-72-52-73-75-45-60(57-41-65(91(13,14)15)51-66(42-57)92(16,17)18)48-78-82-70-31-25-26-32-81(70)96-86(82)95(85(75)78)80(73)53-79(72)94(83)84(74)77/h19-53H,1-18H3. The van der Waals surface area contributed by atoms with Crippen LogP contribution < -0.4 is 4.90 Å². The van der Waals surface area contributed by atoms with E-state index in [0.717, 1.165) is 17.1 Å². The molecule has 3 nitrogen and oxygen atoms in total. The normalized spacial score (nSPS) is 13.3. The summed E-state index contributed by atoms with van der Waals surface area (Å²) in [5.74, 6) is 0. The molecule has 5 aromatic heterocycles. The van der Waals surface area contributed by atoms with Gasteiger partial charge in [-0.15, -0.1) is 11.3 Å². The highest BCUT2D eigenvalue weighted by Gasteiger charge is 2.31. The van der Waals surface area contributed by atoms with E-state index in [1.54, 1.807) is 0 Å². The molecule has 11 aromatic carbocycles. The number of nitrogens with zero attached hydrogens (tertiary/aromatic N) is 3.